The van der Waals surface area contributed by atoms with Crippen LogP contribution in [-0.4, -0.2) is 75.4 Å². The van der Waals surface area contributed by atoms with Crippen LogP contribution in [-0.2, 0) is 11.3 Å². The van der Waals surface area contributed by atoms with Gasteiger partial charge in [-0.3, -0.25) is 4.90 Å². The summed E-state index contributed by atoms with van der Waals surface area (Å²) in [6, 6.07) is 2.15. The molecule has 30 heavy (non-hydrogen) atoms. The van der Waals surface area contributed by atoms with E-state index in [1.54, 1.807) is 23.7 Å². The Kier molecular flexibility index (Phi) is 5.47. The van der Waals surface area contributed by atoms with Crippen molar-refractivity contribution in [3.63, 3.8) is 0 Å². The van der Waals surface area contributed by atoms with E-state index in [1.807, 2.05) is 0 Å². The van der Waals surface area contributed by atoms with Crippen molar-refractivity contribution in [3.8, 4) is 11.4 Å². The molecular weight excluding hydrogens is 402 g/mol. The lowest BCUT2D eigenvalue weighted by molar-refractivity contribution is 0.0674. The molecule has 5 heterocycles. The number of thiophene rings is 1. The van der Waals surface area contributed by atoms with Crippen molar-refractivity contribution in [1.82, 2.24) is 24.8 Å². The number of anilines is 2. The molecule has 2 aliphatic rings. The maximum absolute atomic E-state index is 9.99. The van der Waals surface area contributed by atoms with Crippen molar-refractivity contribution in [3.05, 3.63) is 23.3 Å². The molecule has 0 amide bonds. The molecule has 3 aromatic heterocycles. The van der Waals surface area contributed by atoms with E-state index >= 15 is 0 Å². The molecule has 0 saturated carbocycles. The number of likely N-dealkylation sites (tertiary alicyclic amines) is 1. The molecule has 2 fully saturated rings. The standard InChI is InChI=1S/C20H25N7O2S/c21-20-22-9-13(10-23-20)18-24-16-8-15(12-26-3-1-2-14(28)11-26)30-17(16)19(25-18)27-4-6-29-7-5-27/h8-10,14,28H,1-7,11-12H2,(H2,21,22,23)/t14-/m1/s1. The van der Waals surface area contributed by atoms with Crippen molar-refractivity contribution in [1.29, 1.82) is 0 Å². The highest BCUT2D eigenvalue weighted by atomic mass is 32.1. The van der Waals surface area contributed by atoms with E-state index in [9.17, 15) is 5.11 Å². The summed E-state index contributed by atoms with van der Waals surface area (Å²) in [5.74, 6) is 1.77. The molecule has 2 saturated heterocycles. The third kappa shape index (κ3) is 4.08. The average molecular weight is 428 g/mol. The fourth-order valence-electron chi connectivity index (χ4n) is 4.01. The maximum Gasteiger partial charge on any atom is 0.219 e. The summed E-state index contributed by atoms with van der Waals surface area (Å²) in [6.45, 7) is 5.54. The predicted molar refractivity (Wildman–Crippen MR) is 116 cm³/mol. The number of hydrogen-bond donors (Lipinski definition) is 2. The summed E-state index contributed by atoms with van der Waals surface area (Å²) in [5, 5.41) is 9.99. The highest BCUT2D eigenvalue weighted by molar-refractivity contribution is 7.19. The van der Waals surface area contributed by atoms with Crippen molar-refractivity contribution in [2.24, 2.45) is 0 Å². The smallest absolute Gasteiger partial charge is 0.219 e. The van der Waals surface area contributed by atoms with Crippen LogP contribution >= 0.6 is 11.3 Å². The first-order valence-electron chi connectivity index (χ1n) is 10.3. The summed E-state index contributed by atoms with van der Waals surface area (Å²) in [5.41, 5.74) is 7.31. The fraction of sp³-hybridized carbons (Fsp3) is 0.500. The van der Waals surface area contributed by atoms with Gasteiger partial charge in [0.05, 0.1) is 35.1 Å². The number of hydrogen-bond acceptors (Lipinski definition) is 10. The molecule has 3 N–H and O–H groups in total. The van der Waals surface area contributed by atoms with Crippen molar-refractivity contribution < 1.29 is 9.84 Å². The number of aromatic nitrogens is 4. The molecule has 0 radical (unpaired) electrons. The van der Waals surface area contributed by atoms with E-state index in [1.165, 1.54) is 4.88 Å². The lowest BCUT2D eigenvalue weighted by atomic mass is 10.1. The predicted octanol–water partition coefficient (Wildman–Crippen LogP) is 1.52. The zero-order chi connectivity index (χ0) is 20.5. The van der Waals surface area contributed by atoms with Crippen LogP contribution in [0.3, 0.4) is 0 Å². The Morgan fingerprint density at radius 3 is 2.73 bits per heavy atom. The largest absolute Gasteiger partial charge is 0.392 e. The minimum absolute atomic E-state index is 0.228. The quantitative estimate of drug-likeness (QED) is 0.640. The van der Waals surface area contributed by atoms with Gasteiger partial charge in [-0.25, -0.2) is 19.9 Å². The third-order valence-electron chi connectivity index (χ3n) is 5.51. The van der Waals surface area contributed by atoms with Gasteiger partial charge in [0.15, 0.2) is 11.6 Å². The maximum atomic E-state index is 9.99. The minimum Gasteiger partial charge on any atom is -0.392 e. The number of nitrogens with zero attached hydrogens (tertiary/aromatic N) is 6. The number of nitrogens with two attached hydrogens (primary N) is 1. The van der Waals surface area contributed by atoms with Gasteiger partial charge in [-0.05, 0) is 25.5 Å². The first kappa shape index (κ1) is 19.6. The molecule has 0 unspecified atom stereocenters. The molecule has 0 aliphatic carbocycles. The van der Waals surface area contributed by atoms with Gasteiger partial charge in [0.2, 0.25) is 5.95 Å². The summed E-state index contributed by atoms with van der Waals surface area (Å²) >= 11 is 1.74. The van der Waals surface area contributed by atoms with Gasteiger partial charge in [0, 0.05) is 43.4 Å². The van der Waals surface area contributed by atoms with E-state index in [2.05, 4.69) is 25.8 Å². The lowest BCUT2D eigenvalue weighted by Gasteiger charge is -2.29. The van der Waals surface area contributed by atoms with Crippen LogP contribution in [0.1, 0.15) is 17.7 Å². The van der Waals surface area contributed by atoms with Crippen LogP contribution in [0.5, 0.6) is 0 Å². The minimum atomic E-state index is -0.228. The second-order valence-electron chi connectivity index (χ2n) is 7.76. The Morgan fingerprint density at radius 1 is 1.17 bits per heavy atom. The van der Waals surface area contributed by atoms with Crippen molar-refractivity contribution in [2.75, 3.05) is 50.0 Å². The molecule has 5 rings (SSSR count). The molecule has 0 bridgehead atoms. The molecule has 2 aliphatic heterocycles. The van der Waals surface area contributed by atoms with Gasteiger partial charge in [-0.15, -0.1) is 11.3 Å². The topological polar surface area (TPSA) is 114 Å². The molecular formula is C20H25N7O2S. The SMILES string of the molecule is Nc1ncc(-c2nc(N3CCOCC3)c3sc(CN4CCC[C@@H](O)C4)cc3n2)cn1. The van der Waals surface area contributed by atoms with Crippen LogP contribution < -0.4 is 10.6 Å². The summed E-state index contributed by atoms with van der Waals surface area (Å²) in [4.78, 5) is 23.7. The van der Waals surface area contributed by atoms with Gasteiger partial charge in [0.25, 0.3) is 0 Å². The van der Waals surface area contributed by atoms with Gasteiger partial charge in [-0.2, -0.15) is 0 Å². The van der Waals surface area contributed by atoms with Gasteiger partial charge in [0.1, 0.15) is 0 Å². The Morgan fingerprint density at radius 2 is 1.97 bits per heavy atom. The third-order valence-corrected chi connectivity index (χ3v) is 6.61. The number of rotatable bonds is 4. The van der Waals surface area contributed by atoms with Crippen LogP contribution in [0, 0.1) is 0 Å². The summed E-state index contributed by atoms with van der Waals surface area (Å²) in [7, 11) is 0. The van der Waals surface area contributed by atoms with E-state index in [4.69, 9.17) is 20.4 Å². The zero-order valence-corrected chi connectivity index (χ0v) is 17.5. The molecule has 0 spiro atoms. The second-order valence-corrected chi connectivity index (χ2v) is 8.90. The molecule has 158 valence electrons. The van der Waals surface area contributed by atoms with E-state index in [-0.39, 0.29) is 12.1 Å². The van der Waals surface area contributed by atoms with E-state index in [0.717, 1.165) is 67.2 Å². The number of fused-ring (bicyclic) bond motifs is 1. The summed E-state index contributed by atoms with van der Waals surface area (Å²) < 4.78 is 6.62. The number of piperidine rings is 1. The van der Waals surface area contributed by atoms with Gasteiger partial charge < -0.3 is 20.5 Å². The van der Waals surface area contributed by atoms with Gasteiger partial charge in [-0.1, -0.05) is 0 Å². The normalized spacial score (nSPS) is 20.7. The van der Waals surface area contributed by atoms with Crippen LogP contribution in [0.25, 0.3) is 21.6 Å². The number of aliphatic hydroxyl groups is 1. The Bertz CT molecular complexity index is 1020. The monoisotopic (exact) mass is 427 g/mol. The lowest BCUT2D eigenvalue weighted by Crippen LogP contribution is -2.37. The number of ether oxygens (including phenoxy) is 1. The highest BCUT2D eigenvalue weighted by Gasteiger charge is 2.22. The highest BCUT2D eigenvalue weighted by Crippen LogP contribution is 2.35. The fourth-order valence-corrected chi connectivity index (χ4v) is 5.16. The van der Waals surface area contributed by atoms with E-state index in [0.29, 0.717) is 19.0 Å². The molecule has 3 aromatic rings. The zero-order valence-electron chi connectivity index (χ0n) is 16.7. The Hall–Kier alpha value is -2.40. The first-order chi connectivity index (χ1) is 14.7. The van der Waals surface area contributed by atoms with Crippen LogP contribution in [0.15, 0.2) is 18.5 Å². The number of aliphatic hydroxyl groups excluding tert-OH is 1. The molecule has 9 nitrogen and oxygen atoms in total. The molecule has 1 atom stereocenters. The number of nitrogen functional groups attached to an aromatic ring is 1. The average Bonchev–Trinajstić information content (AvgIpc) is 3.16. The molecule has 0 aromatic carbocycles. The summed E-state index contributed by atoms with van der Waals surface area (Å²) in [6.07, 6.45) is 5.02. The van der Waals surface area contributed by atoms with Crippen LogP contribution in [0.4, 0.5) is 11.8 Å². The number of β-amino-alcohol motifs (C(OH)–C–C–N with tert-alkyl or cyclic N) is 1. The number of morpholine rings is 1. The van der Waals surface area contributed by atoms with E-state index < -0.39 is 0 Å². The van der Waals surface area contributed by atoms with Crippen molar-refractivity contribution in [2.45, 2.75) is 25.5 Å². The Labute approximate surface area is 178 Å². The van der Waals surface area contributed by atoms with Gasteiger partial charge >= 0.3 is 0 Å². The first-order valence-corrected chi connectivity index (χ1v) is 11.1. The second kappa shape index (κ2) is 8.38. The Balaban J connectivity index is 1.53. The van der Waals surface area contributed by atoms with Crippen LogP contribution in [0.2, 0.25) is 0 Å². The molecule has 10 heteroatoms. The van der Waals surface area contributed by atoms with Crippen molar-refractivity contribution >= 4 is 33.3 Å².